The number of hydrogen-bond acceptors (Lipinski definition) is 7. The molecule has 0 aliphatic rings. The third-order valence-electron chi connectivity index (χ3n) is 7.42. The number of carboxylic acid groups (broad SMARTS) is 1. The van der Waals surface area contributed by atoms with Gasteiger partial charge in [-0.05, 0) is 48.2 Å². The molecule has 0 saturated heterocycles. The van der Waals surface area contributed by atoms with Crippen molar-refractivity contribution in [2.75, 3.05) is 0 Å². The summed E-state index contributed by atoms with van der Waals surface area (Å²) in [5.74, 6) is -3.61. The highest BCUT2D eigenvalue weighted by Crippen LogP contribution is 2.19. The number of H-pyrrole nitrogens is 1. The van der Waals surface area contributed by atoms with Crippen LogP contribution in [0.15, 0.2) is 85.1 Å². The van der Waals surface area contributed by atoms with Crippen molar-refractivity contribution in [1.82, 2.24) is 20.9 Å². The van der Waals surface area contributed by atoms with E-state index in [1.807, 2.05) is 54.6 Å². The highest BCUT2D eigenvalue weighted by atomic mass is 16.4. The molecule has 0 aliphatic carbocycles. The third-order valence-corrected chi connectivity index (χ3v) is 7.42. The van der Waals surface area contributed by atoms with Gasteiger partial charge in [0, 0.05) is 29.9 Å². The van der Waals surface area contributed by atoms with Crippen LogP contribution in [0.4, 0.5) is 0 Å². The summed E-state index contributed by atoms with van der Waals surface area (Å²) < 4.78 is 0. The monoisotopic (exact) mass is 615 g/mol. The van der Waals surface area contributed by atoms with Crippen LogP contribution < -0.4 is 21.7 Å². The van der Waals surface area contributed by atoms with E-state index in [9.17, 15) is 34.5 Å². The Morgan fingerprint density at radius 2 is 1.38 bits per heavy atom. The molecule has 0 aliphatic heterocycles. The van der Waals surface area contributed by atoms with Crippen molar-refractivity contribution in [1.29, 1.82) is 0 Å². The highest BCUT2D eigenvalue weighted by Gasteiger charge is 2.33. The van der Waals surface area contributed by atoms with E-state index in [4.69, 9.17) is 5.73 Å². The van der Waals surface area contributed by atoms with Crippen LogP contribution >= 0.6 is 0 Å². The van der Waals surface area contributed by atoms with Crippen LogP contribution in [0.3, 0.4) is 0 Å². The molecule has 236 valence electrons. The number of aliphatic carboxylic acids is 1. The van der Waals surface area contributed by atoms with Crippen LogP contribution in [0.1, 0.15) is 23.6 Å². The minimum atomic E-state index is -1.54. The van der Waals surface area contributed by atoms with Gasteiger partial charge < -0.3 is 42.0 Å². The van der Waals surface area contributed by atoms with E-state index in [1.54, 1.807) is 18.3 Å². The zero-order chi connectivity index (χ0) is 32.5. The molecule has 1 aromatic heterocycles. The van der Waals surface area contributed by atoms with Crippen molar-refractivity contribution in [3.63, 3.8) is 0 Å². The van der Waals surface area contributed by atoms with Gasteiger partial charge in [-0.3, -0.25) is 14.4 Å². The molecule has 0 bridgehead atoms. The molecule has 5 unspecified atom stereocenters. The van der Waals surface area contributed by atoms with Gasteiger partial charge in [-0.1, -0.05) is 60.7 Å². The Morgan fingerprint density at radius 3 is 2.04 bits per heavy atom. The number of aliphatic hydroxyl groups is 1. The molecule has 9 N–H and O–H groups in total. The average Bonchev–Trinajstić information content (AvgIpc) is 3.42. The van der Waals surface area contributed by atoms with E-state index in [0.717, 1.165) is 16.5 Å². The fourth-order valence-corrected chi connectivity index (χ4v) is 4.96. The molecule has 0 spiro atoms. The van der Waals surface area contributed by atoms with Crippen molar-refractivity contribution < 1.29 is 34.5 Å². The molecular formula is C33H37N5O7. The second-order valence-corrected chi connectivity index (χ2v) is 10.9. The number of hydrogen-bond donors (Lipinski definition) is 8. The number of carbonyl (C=O) groups excluding carboxylic acids is 3. The summed E-state index contributed by atoms with van der Waals surface area (Å²) in [5, 5.41) is 38.3. The van der Waals surface area contributed by atoms with Gasteiger partial charge in [0.1, 0.15) is 23.9 Å². The van der Waals surface area contributed by atoms with E-state index in [-0.39, 0.29) is 25.0 Å². The minimum absolute atomic E-state index is 0.0140. The largest absolute Gasteiger partial charge is 0.508 e. The van der Waals surface area contributed by atoms with E-state index in [0.29, 0.717) is 11.1 Å². The van der Waals surface area contributed by atoms with Gasteiger partial charge in [0.2, 0.25) is 17.7 Å². The van der Waals surface area contributed by atoms with Crippen LogP contribution in [0.2, 0.25) is 0 Å². The second kappa shape index (κ2) is 15.0. The number of aliphatic hydroxyl groups excluding tert-OH is 1. The zero-order valence-corrected chi connectivity index (χ0v) is 24.6. The summed E-state index contributed by atoms with van der Waals surface area (Å²) in [6.07, 6.45) is 0.389. The summed E-state index contributed by atoms with van der Waals surface area (Å²) in [5.41, 5.74) is 9.03. The van der Waals surface area contributed by atoms with Crippen molar-refractivity contribution in [2.24, 2.45) is 5.73 Å². The van der Waals surface area contributed by atoms with Gasteiger partial charge in [0.05, 0.1) is 12.1 Å². The molecule has 3 amide bonds. The Labute approximate surface area is 259 Å². The van der Waals surface area contributed by atoms with Crippen molar-refractivity contribution >= 4 is 34.6 Å². The molecule has 12 heteroatoms. The first-order valence-corrected chi connectivity index (χ1v) is 14.5. The van der Waals surface area contributed by atoms with Gasteiger partial charge >= 0.3 is 5.97 Å². The predicted molar refractivity (Wildman–Crippen MR) is 167 cm³/mol. The number of aromatic nitrogens is 1. The Balaban J connectivity index is 1.48. The van der Waals surface area contributed by atoms with Gasteiger partial charge in [0.15, 0.2) is 0 Å². The first kappa shape index (κ1) is 32.7. The number of aromatic hydroxyl groups is 1. The average molecular weight is 616 g/mol. The number of fused-ring (bicyclic) bond motifs is 1. The van der Waals surface area contributed by atoms with Crippen LogP contribution in [0.5, 0.6) is 5.75 Å². The summed E-state index contributed by atoms with van der Waals surface area (Å²) in [6.45, 7) is 1.28. The smallest absolute Gasteiger partial charge is 0.326 e. The van der Waals surface area contributed by atoms with Crippen LogP contribution in [-0.2, 0) is 38.4 Å². The summed E-state index contributed by atoms with van der Waals surface area (Å²) in [6, 6.07) is 17.3. The fourth-order valence-electron chi connectivity index (χ4n) is 4.96. The lowest BCUT2D eigenvalue weighted by Gasteiger charge is -2.26. The fraction of sp³-hybridized carbons (Fsp3) is 0.273. The lowest BCUT2D eigenvalue weighted by Crippen LogP contribution is -2.60. The number of aromatic amines is 1. The molecule has 4 rings (SSSR count). The normalized spacial score (nSPS) is 14.5. The number of carbonyl (C=O) groups is 4. The van der Waals surface area contributed by atoms with Gasteiger partial charge in [-0.15, -0.1) is 0 Å². The lowest BCUT2D eigenvalue weighted by molar-refractivity contribution is -0.143. The summed E-state index contributed by atoms with van der Waals surface area (Å²) >= 11 is 0. The Hall–Kier alpha value is -5.20. The Bertz CT molecular complexity index is 1620. The van der Waals surface area contributed by atoms with Gasteiger partial charge in [-0.25, -0.2) is 4.79 Å². The predicted octanol–water partition coefficient (Wildman–Crippen LogP) is 1.15. The minimum Gasteiger partial charge on any atom is -0.508 e. The molecule has 0 fully saturated rings. The van der Waals surface area contributed by atoms with Crippen LogP contribution in [-0.4, -0.2) is 74.3 Å². The molecule has 0 radical (unpaired) electrons. The third kappa shape index (κ3) is 8.91. The molecule has 12 nitrogen and oxygen atoms in total. The number of nitrogens with one attached hydrogen (secondary N) is 4. The maximum absolute atomic E-state index is 13.5. The van der Waals surface area contributed by atoms with E-state index >= 15 is 0 Å². The first-order valence-electron chi connectivity index (χ1n) is 14.5. The van der Waals surface area contributed by atoms with Crippen molar-refractivity contribution in [2.45, 2.75) is 56.5 Å². The molecular weight excluding hydrogens is 578 g/mol. The van der Waals surface area contributed by atoms with E-state index in [2.05, 4.69) is 20.9 Å². The van der Waals surface area contributed by atoms with Crippen molar-refractivity contribution in [3.05, 3.63) is 102 Å². The molecule has 45 heavy (non-hydrogen) atoms. The second-order valence-electron chi connectivity index (χ2n) is 10.9. The highest BCUT2D eigenvalue weighted by molar-refractivity contribution is 5.95. The van der Waals surface area contributed by atoms with E-state index < -0.39 is 54.0 Å². The van der Waals surface area contributed by atoms with E-state index in [1.165, 1.54) is 19.1 Å². The maximum Gasteiger partial charge on any atom is 0.326 e. The van der Waals surface area contributed by atoms with Crippen LogP contribution in [0, 0.1) is 0 Å². The quantitative estimate of drug-likeness (QED) is 0.103. The Morgan fingerprint density at radius 1 is 0.756 bits per heavy atom. The van der Waals surface area contributed by atoms with Gasteiger partial charge in [0.25, 0.3) is 0 Å². The number of rotatable bonds is 14. The number of carboxylic acids is 1. The zero-order valence-electron chi connectivity index (χ0n) is 24.6. The SMILES string of the molecule is CC(O)C(NC(=O)C(Cc1ccc(O)cc1)NC(=O)C(N)Cc1ccccc1)C(=O)NC(Cc1c[nH]c2ccccc12)C(=O)O. The molecule has 1 heterocycles. The molecule has 4 aromatic rings. The van der Waals surface area contributed by atoms with Crippen LogP contribution in [0.25, 0.3) is 10.9 Å². The number of phenols is 1. The Kier molecular flexibility index (Phi) is 10.9. The molecule has 0 saturated carbocycles. The number of nitrogens with two attached hydrogens (primary N) is 1. The molecule has 3 aromatic carbocycles. The number of para-hydroxylation sites is 1. The van der Waals surface area contributed by atoms with Gasteiger partial charge in [-0.2, -0.15) is 0 Å². The maximum atomic E-state index is 13.5. The summed E-state index contributed by atoms with van der Waals surface area (Å²) in [7, 11) is 0. The standard InChI is InChI=1S/C33H37N5O7/c1-19(39)29(32(43)37-28(33(44)45)17-22-18-35-26-10-6-5-9-24(22)26)38-31(42)27(16-21-11-13-23(40)14-12-21)36-30(41)25(34)15-20-7-3-2-4-8-20/h2-14,18-19,25,27-29,35,39-40H,15-17,34H2,1H3,(H,36,41)(H,37,43)(H,38,42)(H,44,45). The topological polar surface area (TPSA) is 207 Å². The summed E-state index contributed by atoms with van der Waals surface area (Å²) in [4.78, 5) is 55.1. The number of phenolic OH excluding ortho intramolecular Hbond substituents is 1. The number of benzene rings is 3. The lowest BCUT2D eigenvalue weighted by atomic mass is 10.0. The molecule has 5 atom stereocenters. The van der Waals surface area contributed by atoms with Crippen molar-refractivity contribution in [3.8, 4) is 5.75 Å². The number of amides is 3. The first-order chi connectivity index (χ1) is 21.5.